The molecule has 2 amide bonds. The fourth-order valence-electron chi connectivity index (χ4n) is 2.07. The Bertz CT molecular complexity index is 517. The Morgan fingerprint density at radius 1 is 1.27 bits per heavy atom. The maximum atomic E-state index is 12.2. The van der Waals surface area contributed by atoms with Gasteiger partial charge in [-0.05, 0) is 30.5 Å². The zero-order valence-corrected chi connectivity index (χ0v) is 14.5. The fraction of sp³-hybridized carbons (Fsp3) is 0.529. The molecule has 0 radical (unpaired) electrons. The molecule has 5 heteroatoms. The van der Waals surface area contributed by atoms with E-state index >= 15 is 0 Å². The SMILES string of the molecule is CCC(=O)N(Cc1cccc(Cl)c1)[C@H](C)C(=O)NCC(C)C. The van der Waals surface area contributed by atoms with Crippen molar-refractivity contribution in [3.05, 3.63) is 34.9 Å². The molecule has 122 valence electrons. The van der Waals surface area contributed by atoms with Crippen molar-refractivity contribution in [3.8, 4) is 0 Å². The summed E-state index contributed by atoms with van der Waals surface area (Å²) in [5.41, 5.74) is 0.915. The first-order valence-electron chi connectivity index (χ1n) is 7.66. The zero-order valence-electron chi connectivity index (χ0n) is 13.7. The summed E-state index contributed by atoms with van der Waals surface area (Å²) in [6.07, 6.45) is 0.363. The molecule has 1 N–H and O–H groups in total. The van der Waals surface area contributed by atoms with Gasteiger partial charge in [0.25, 0.3) is 0 Å². The lowest BCUT2D eigenvalue weighted by atomic mass is 10.1. The lowest BCUT2D eigenvalue weighted by Gasteiger charge is -2.28. The summed E-state index contributed by atoms with van der Waals surface area (Å²) in [4.78, 5) is 26.0. The highest BCUT2D eigenvalue weighted by molar-refractivity contribution is 6.30. The molecule has 1 aromatic carbocycles. The summed E-state index contributed by atoms with van der Waals surface area (Å²) in [7, 11) is 0. The first-order chi connectivity index (χ1) is 10.3. The monoisotopic (exact) mass is 324 g/mol. The standard InChI is InChI=1S/C17H25ClN2O2/c1-5-16(21)20(11-14-7-6-8-15(18)9-14)13(4)17(22)19-10-12(2)3/h6-9,12-13H,5,10-11H2,1-4H3,(H,19,22)/t13-/m1/s1. The van der Waals surface area contributed by atoms with Crippen molar-refractivity contribution in [3.63, 3.8) is 0 Å². The average Bonchev–Trinajstić information content (AvgIpc) is 2.48. The maximum Gasteiger partial charge on any atom is 0.242 e. The van der Waals surface area contributed by atoms with Gasteiger partial charge < -0.3 is 10.2 Å². The number of benzene rings is 1. The van der Waals surface area contributed by atoms with E-state index in [0.29, 0.717) is 30.5 Å². The van der Waals surface area contributed by atoms with Crippen molar-refractivity contribution < 1.29 is 9.59 Å². The van der Waals surface area contributed by atoms with Crippen LogP contribution in [0.4, 0.5) is 0 Å². The van der Waals surface area contributed by atoms with Gasteiger partial charge in [0.2, 0.25) is 11.8 Å². The Balaban J connectivity index is 2.83. The highest BCUT2D eigenvalue weighted by Crippen LogP contribution is 2.15. The molecule has 0 aliphatic rings. The Kier molecular flexibility index (Phi) is 7.39. The molecule has 0 aromatic heterocycles. The van der Waals surface area contributed by atoms with Crippen LogP contribution >= 0.6 is 11.6 Å². The van der Waals surface area contributed by atoms with Crippen LogP contribution in [-0.4, -0.2) is 29.3 Å². The van der Waals surface area contributed by atoms with E-state index in [2.05, 4.69) is 5.32 Å². The van der Waals surface area contributed by atoms with Gasteiger partial charge in [-0.1, -0.05) is 44.5 Å². The van der Waals surface area contributed by atoms with E-state index in [1.54, 1.807) is 24.8 Å². The first-order valence-corrected chi connectivity index (χ1v) is 8.04. The number of carbonyl (C=O) groups is 2. The second-order valence-electron chi connectivity index (χ2n) is 5.82. The molecule has 0 unspecified atom stereocenters. The Hall–Kier alpha value is -1.55. The number of rotatable bonds is 7. The molecular weight excluding hydrogens is 300 g/mol. The molecule has 4 nitrogen and oxygen atoms in total. The van der Waals surface area contributed by atoms with Crippen molar-refractivity contribution in [2.45, 2.75) is 46.7 Å². The second-order valence-corrected chi connectivity index (χ2v) is 6.26. The van der Waals surface area contributed by atoms with Gasteiger partial charge in [-0.15, -0.1) is 0 Å². The molecule has 1 atom stereocenters. The molecule has 0 fully saturated rings. The van der Waals surface area contributed by atoms with E-state index in [0.717, 1.165) is 5.56 Å². The largest absolute Gasteiger partial charge is 0.354 e. The van der Waals surface area contributed by atoms with E-state index in [-0.39, 0.29) is 11.8 Å². The van der Waals surface area contributed by atoms with Crippen LogP contribution in [0.5, 0.6) is 0 Å². The molecule has 0 heterocycles. The van der Waals surface area contributed by atoms with Crippen LogP contribution in [0.15, 0.2) is 24.3 Å². The predicted molar refractivity (Wildman–Crippen MR) is 89.6 cm³/mol. The molecule has 0 bridgehead atoms. The van der Waals surface area contributed by atoms with Crippen molar-refractivity contribution in [1.29, 1.82) is 0 Å². The van der Waals surface area contributed by atoms with Gasteiger partial charge in [0.05, 0.1) is 0 Å². The Morgan fingerprint density at radius 3 is 2.50 bits per heavy atom. The summed E-state index contributed by atoms with van der Waals surface area (Å²) >= 11 is 5.99. The van der Waals surface area contributed by atoms with Crippen molar-refractivity contribution in [2.24, 2.45) is 5.92 Å². The molecule has 0 saturated carbocycles. The van der Waals surface area contributed by atoms with Gasteiger partial charge in [-0.25, -0.2) is 0 Å². The molecular formula is C17H25ClN2O2. The van der Waals surface area contributed by atoms with Gasteiger partial charge in [-0.3, -0.25) is 9.59 Å². The quantitative estimate of drug-likeness (QED) is 0.837. The zero-order chi connectivity index (χ0) is 16.7. The highest BCUT2D eigenvalue weighted by Gasteiger charge is 2.25. The normalized spacial score (nSPS) is 12.1. The highest BCUT2D eigenvalue weighted by atomic mass is 35.5. The molecule has 0 spiro atoms. The van der Waals surface area contributed by atoms with Crippen LogP contribution in [0.1, 0.15) is 39.7 Å². The lowest BCUT2D eigenvalue weighted by Crippen LogP contribution is -2.48. The van der Waals surface area contributed by atoms with Crippen molar-refractivity contribution >= 4 is 23.4 Å². The summed E-state index contributed by atoms with van der Waals surface area (Å²) < 4.78 is 0. The van der Waals surface area contributed by atoms with Gasteiger partial charge in [-0.2, -0.15) is 0 Å². The molecule has 0 saturated heterocycles. The van der Waals surface area contributed by atoms with E-state index < -0.39 is 6.04 Å². The third-order valence-electron chi connectivity index (χ3n) is 3.40. The fourth-order valence-corrected chi connectivity index (χ4v) is 2.28. The number of amides is 2. The Labute approximate surface area is 137 Å². The topological polar surface area (TPSA) is 49.4 Å². The van der Waals surface area contributed by atoms with Gasteiger partial charge >= 0.3 is 0 Å². The molecule has 22 heavy (non-hydrogen) atoms. The predicted octanol–water partition coefficient (Wildman–Crippen LogP) is 3.24. The van der Waals surface area contributed by atoms with Crippen molar-refractivity contribution in [2.75, 3.05) is 6.54 Å². The minimum absolute atomic E-state index is 0.0489. The number of nitrogens with one attached hydrogen (secondary N) is 1. The maximum absolute atomic E-state index is 12.2. The smallest absolute Gasteiger partial charge is 0.242 e. The van der Waals surface area contributed by atoms with Crippen LogP contribution in [0.2, 0.25) is 5.02 Å². The van der Waals surface area contributed by atoms with Crippen LogP contribution in [-0.2, 0) is 16.1 Å². The molecule has 1 aromatic rings. The van der Waals surface area contributed by atoms with E-state index in [1.807, 2.05) is 32.0 Å². The summed E-state index contributed by atoms with van der Waals surface area (Å²) in [5.74, 6) is 0.198. The number of carbonyl (C=O) groups excluding carboxylic acids is 2. The minimum Gasteiger partial charge on any atom is -0.354 e. The van der Waals surface area contributed by atoms with E-state index in [1.165, 1.54) is 0 Å². The first kappa shape index (κ1) is 18.5. The number of nitrogens with zero attached hydrogens (tertiary/aromatic N) is 1. The van der Waals surface area contributed by atoms with Crippen LogP contribution < -0.4 is 5.32 Å². The summed E-state index contributed by atoms with van der Waals surface area (Å²) in [6.45, 7) is 8.61. The van der Waals surface area contributed by atoms with Crippen LogP contribution in [0.25, 0.3) is 0 Å². The molecule has 0 aliphatic carbocycles. The molecule has 0 aliphatic heterocycles. The van der Waals surface area contributed by atoms with E-state index in [4.69, 9.17) is 11.6 Å². The van der Waals surface area contributed by atoms with Crippen molar-refractivity contribution in [1.82, 2.24) is 10.2 Å². The minimum atomic E-state index is -0.509. The number of hydrogen-bond donors (Lipinski definition) is 1. The summed E-state index contributed by atoms with van der Waals surface area (Å²) in [5, 5.41) is 3.50. The third-order valence-corrected chi connectivity index (χ3v) is 3.63. The van der Waals surface area contributed by atoms with Crippen LogP contribution in [0.3, 0.4) is 0 Å². The van der Waals surface area contributed by atoms with Crippen LogP contribution in [0, 0.1) is 5.92 Å². The Morgan fingerprint density at radius 2 is 1.95 bits per heavy atom. The summed E-state index contributed by atoms with van der Waals surface area (Å²) in [6, 6.07) is 6.84. The van der Waals surface area contributed by atoms with E-state index in [9.17, 15) is 9.59 Å². The van der Waals surface area contributed by atoms with Gasteiger partial charge in [0, 0.05) is 24.5 Å². The second kappa shape index (κ2) is 8.79. The lowest BCUT2D eigenvalue weighted by molar-refractivity contribution is -0.140. The van der Waals surface area contributed by atoms with Gasteiger partial charge in [0.15, 0.2) is 0 Å². The van der Waals surface area contributed by atoms with Gasteiger partial charge in [0.1, 0.15) is 6.04 Å². The molecule has 1 rings (SSSR count). The number of hydrogen-bond acceptors (Lipinski definition) is 2. The number of halogens is 1. The average molecular weight is 325 g/mol. The third kappa shape index (κ3) is 5.68.